The van der Waals surface area contributed by atoms with Crippen molar-refractivity contribution in [1.82, 2.24) is 0 Å². The lowest BCUT2D eigenvalue weighted by Gasteiger charge is -2.33. The van der Waals surface area contributed by atoms with Crippen LogP contribution in [0.2, 0.25) is 0 Å². The Morgan fingerprint density at radius 2 is 0.923 bits per heavy atom. The van der Waals surface area contributed by atoms with Crippen LogP contribution in [0.25, 0.3) is 0 Å². The van der Waals surface area contributed by atoms with Gasteiger partial charge in [0.25, 0.3) is 0 Å². The van der Waals surface area contributed by atoms with Gasteiger partial charge in [-0.3, -0.25) is 16.2 Å². The van der Waals surface area contributed by atoms with Crippen LogP contribution in [-0.4, -0.2) is 10.9 Å². The molecule has 1 unspecified atom stereocenters. The second-order valence-electron chi connectivity index (χ2n) is 11.2. The summed E-state index contributed by atoms with van der Waals surface area (Å²) in [4.78, 5) is 1.08. The number of rotatable bonds is 14. The highest BCUT2D eigenvalue weighted by atomic mass is 35.5. The number of hydrogen-bond donors (Lipinski definition) is 1. The zero-order valence-electron chi connectivity index (χ0n) is 25.7. The van der Waals surface area contributed by atoms with Crippen molar-refractivity contribution in [3.8, 4) is 0 Å². The van der Waals surface area contributed by atoms with E-state index in [9.17, 15) is 0 Å². The van der Waals surface area contributed by atoms with Gasteiger partial charge in [0.2, 0.25) is 6.34 Å². The third kappa shape index (κ3) is 6.39. The van der Waals surface area contributed by atoms with Crippen LogP contribution in [0, 0.1) is 11.0 Å². The van der Waals surface area contributed by atoms with E-state index in [0.717, 1.165) is 56.3 Å². The smallest absolute Gasteiger partial charge is 0.213 e. The lowest BCUT2D eigenvalue weighted by Crippen LogP contribution is -3.05. The van der Waals surface area contributed by atoms with E-state index in [0.29, 0.717) is 34.7 Å². The predicted molar refractivity (Wildman–Crippen MR) is 171 cm³/mol. The summed E-state index contributed by atoms with van der Waals surface area (Å²) in [5.41, 5.74) is 9.47. The molecule has 0 aromatic heterocycles. The van der Waals surface area contributed by atoms with E-state index in [4.69, 9.17) is 23.2 Å². The molecule has 0 spiro atoms. The van der Waals surface area contributed by atoms with Gasteiger partial charge in [0.05, 0.1) is 5.50 Å². The van der Waals surface area contributed by atoms with Crippen molar-refractivity contribution in [2.45, 2.75) is 130 Å². The van der Waals surface area contributed by atoms with Gasteiger partial charge in [-0.1, -0.05) is 117 Å². The Balaban J connectivity index is 2.34. The summed E-state index contributed by atoms with van der Waals surface area (Å²) in [5, 5.41) is 0. The molecule has 1 aliphatic rings. The van der Waals surface area contributed by atoms with Gasteiger partial charge < -0.3 is 4.90 Å². The number of benzene rings is 2. The van der Waals surface area contributed by atoms with Crippen LogP contribution in [0.3, 0.4) is 0 Å². The van der Waals surface area contributed by atoms with E-state index in [1.807, 2.05) is 0 Å². The molecule has 1 atom stereocenters. The van der Waals surface area contributed by atoms with Gasteiger partial charge in [0.15, 0.2) is 0 Å². The average molecular weight is 572 g/mol. The number of para-hydroxylation sites is 2. The number of quaternary nitrogens is 1. The molecule has 0 radical (unpaired) electrons. The molecular weight excluding hydrogens is 519 g/mol. The van der Waals surface area contributed by atoms with E-state index in [-0.39, 0.29) is 0 Å². The number of nitrogens with zero attached hydrogens (tertiary/aromatic N) is 1. The van der Waals surface area contributed by atoms with Gasteiger partial charge in [-0.2, -0.15) is 0 Å². The van der Waals surface area contributed by atoms with Crippen LogP contribution in [0.5, 0.6) is 0 Å². The number of nitrogens with one attached hydrogen (secondary N) is 1. The fourth-order valence-corrected chi connectivity index (χ4v) is 7.28. The lowest BCUT2D eigenvalue weighted by molar-refractivity contribution is -0.693. The van der Waals surface area contributed by atoms with E-state index < -0.39 is 0 Å². The highest BCUT2D eigenvalue weighted by molar-refractivity contribution is 6.38. The molecular formula is C35H52Cl2N2. The van der Waals surface area contributed by atoms with Crippen LogP contribution in [-0.2, 0) is 0 Å². The molecule has 2 nitrogen and oxygen atoms in total. The van der Waals surface area contributed by atoms with Gasteiger partial charge >= 0.3 is 0 Å². The van der Waals surface area contributed by atoms with Crippen molar-refractivity contribution in [3.05, 3.63) is 69.7 Å². The molecule has 4 heteroatoms. The summed E-state index contributed by atoms with van der Waals surface area (Å²) in [6.45, 7) is 18.4. The molecule has 0 fully saturated rings. The molecule has 216 valence electrons. The quantitative estimate of drug-likeness (QED) is 0.131. The summed E-state index contributed by atoms with van der Waals surface area (Å²) in [5.74, 6) is 1.94. The predicted octanol–water partition coefficient (Wildman–Crippen LogP) is 10.7. The molecule has 1 N–H and O–H groups in total. The zero-order chi connectivity index (χ0) is 28.7. The summed E-state index contributed by atoms with van der Waals surface area (Å²) in [6, 6.07) is 13.8. The Morgan fingerprint density at radius 1 is 0.590 bits per heavy atom. The largest absolute Gasteiger partial charge is 0.387 e. The number of halogens is 2. The van der Waals surface area contributed by atoms with E-state index in [1.165, 1.54) is 33.6 Å². The first-order valence-corrected chi connectivity index (χ1v) is 16.4. The molecule has 1 aliphatic heterocycles. The molecule has 0 saturated heterocycles. The topological polar surface area (TPSA) is 7.45 Å². The Bertz CT molecular complexity index is 1020. The van der Waals surface area contributed by atoms with Crippen LogP contribution in [0.15, 0.2) is 36.4 Å². The van der Waals surface area contributed by atoms with Crippen LogP contribution < -0.4 is 4.90 Å². The van der Waals surface area contributed by atoms with Crippen molar-refractivity contribution >= 4 is 40.9 Å². The average Bonchev–Trinajstić information content (AvgIpc) is 3.25. The van der Waals surface area contributed by atoms with Crippen molar-refractivity contribution in [2.75, 3.05) is 0 Å². The second kappa shape index (κ2) is 14.9. The van der Waals surface area contributed by atoms with Gasteiger partial charge in [0, 0.05) is 16.6 Å². The van der Waals surface area contributed by atoms with Crippen LogP contribution >= 0.6 is 23.2 Å². The monoisotopic (exact) mass is 570 g/mol. The van der Waals surface area contributed by atoms with Crippen molar-refractivity contribution in [2.24, 2.45) is 0 Å². The molecule has 0 aliphatic carbocycles. The molecule has 3 rings (SSSR count). The van der Waals surface area contributed by atoms with Gasteiger partial charge in [-0.05, 0) is 60.5 Å². The summed E-state index contributed by atoms with van der Waals surface area (Å²) >= 11 is 14.5. The third-order valence-corrected chi connectivity index (χ3v) is 10.2. The lowest BCUT2D eigenvalue weighted by atomic mass is 9.85. The first kappa shape index (κ1) is 32.0. The fourth-order valence-electron chi connectivity index (χ4n) is 6.81. The summed E-state index contributed by atoms with van der Waals surface area (Å²) < 4.78 is 2.24. The van der Waals surface area contributed by atoms with Crippen LogP contribution in [0.1, 0.15) is 153 Å². The van der Waals surface area contributed by atoms with Crippen molar-refractivity contribution < 1.29 is 9.48 Å². The van der Waals surface area contributed by atoms with E-state index in [1.54, 1.807) is 0 Å². The third-order valence-electron chi connectivity index (χ3n) is 9.33. The minimum atomic E-state index is 0.479. The molecule has 1 heterocycles. The highest BCUT2D eigenvalue weighted by Gasteiger charge is 2.36. The SMILES string of the molecule is CCC(CC)c1cccc(C(CC)CC)c1[N+]1=C[NH+](c2c(C(CC)CC)cccc2C(CC)CC)[C-](Cl)[C-]1Cl. The van der Waals surface area contributed by atoms with E-state index in [2.05, 4.69) is 103 Å². The maximum Gasteiger partial charge on any atom is 0.213 e. The Kier molecular flexibility index (Phi) is 12.3. The highest BCUT2D eigenvalue weighted by Crippen LogP contribution is 2.44. The standard InChI is InChI=1S/C35H52Cl2N2/c1-9-24(10-2)28-19-17-20-29(25(11-3)12-4)32(28)38-23-39(35(37)34(38)36)33-30(26(13-5)14-6)21-18-22-31(33)27(15-7)16-8/h17-27,38H,9-16H2,1-8H3. The molecule has 0 saturated carbocycles. The maximum absolute atomic E-state index is 7.27. The van der Waals surface area contributed by atoms with Gasteiger partial charge in [-0.15, -0.1) is 11.6 Å². The van der Waals surface area contributed by atoms with E-state index >= 15 is 0 Å². The first-order chi connectivity index (χ1) is 18.9. The second-order valence-corrected chi connectivity index (χ2v) is 11.9. The van der Waals surface area contributed by atoms with Gasteiger partial charge in [0.1, 0.15) is 11.4 Å². The normalized spacial score (nSPS) is 16.4. The van der Waals surface area contributed by atoms with Crippen molar-refractivity contribution in [3.63, 3.8) is 0 Å². The first-order valence-electron chi connectivity index (χ1n) is 15.7. The maximum atomic E-state index is 7.27. The number of hydrogen-bond acceptors (Lipinski definition) is 0. The Hall–Kier alpha value is -1.48. The zero-order valence-corrected chi connectivity index (χ0v) is 27.2. The van der Waals surface area contributed by atoms with Crippen LogP contribution in [0.4, 0.5) is 11.4 Å². The molecule has 0 amide bonds. The molecule has 2 aromatic carbocycles. The minimum Gasteiger partial charge on any atom is -0.387 e. The Morgan fingerprint density at radius 3 is 1.28 bits per heavy atom. The summed E-state index contributed by atoms with van der Waals surface area (Å²) in [6.07, 6.45) is 11.1. The summed E-state index contributed by atoms with van der Waals surface area (Å²) in [7, 11) is 0. The molecule has 2 aromatic rings. The Labute approximate surface area is 249 Å². The molecule has 0 bridgehead atoms. The molecule has 39 heavy (non-hydrogen) atoms. The van der Waals surface area contributed by atoms with Crippen molar-refractivity contribution in [1.29, 1.82) is 0 Å². The fraction of sp³-hybridized carbons (Fsp3) is 0.571. The van der Waals surface area contributed by atoms with Gasteiger partial charge in [-0.25, -0.2) is 0 Å². The minimum absolute atomic E-state index is 0.479.